The van der Waals surface area contributed by atoms with Crippen LogP contribution in [0, 0.1) is 0 Å². The van der Waals surface area contributed by atoms with Crippen molar-refractivity contribution < 1.29 is 4.74 Å². The van der Waals surface area contributed by atoms with Gasteiger partial charge in [0.2, 0.25) is 0 Å². The maximum atomic E-state index is 5.47. The quantitative estimate of drug-likeness (QED) is 0.841. The van der Waals surface area contributed by atoms with Crippen LogP contribution < -0.4 is 10.1 Å². The van der Waals surface area contributed by atoms with Crippen LogP contribution in [0.5, 0.6) is 5.75 Å². The topological polar surface area (TPSA) is 52.0 Å². The molecule has 0 fully saturated rings. The Hall–Kier alpha value is -1.88. The smallest absolute Gasteiger partial charge is 0.138 e. The highest BCUT2D eigenvalue weighted by Crippen LogP contribution is 2.26. The van der Waals surface area contributed by atoms with Crippen LogP contribution >= 0.6 is 0 Å². The number of benzene rings is 1. The first-order valence-corrected chi connectivity index (χ1v) is 7.03. The van der Waals surface area contributed by atoms with Gasteiger partial charge in [-0.05, 0) is 19.5 Å². The third-order valence-electron chi connectivity index (χ3n) is 3.35. The van der Waals surface area contributed by atoms with Gasteiger partial charge in [-0.1, -0.05) is 25.1 Å². The Labute approximate surface area is 120 Å². The predicted molar refractivity (Wildman–Crippen MR) is 78.8 cm³/mol. The van der Waals surface area contributed by atoms with Crippen molar-refractivity contribution in [2.24, 2.45) is 0 Å². The Morgan fingerprint density at radius 2 is 2.10 bits per heavy atom. The van der Waals surface area contributed by atoms with E-state index in [0.717, 1.165) is 36.6 Å². The summed E-state index contributed by atoms with van der Waals surface area (Å²) >= 11 is 0. The van der Waals surface area contributed by atoms with Gasteiger partial charge in [-0.3, -0.25) is 4.68 Å². The van der Waals surface area contributed by atoms with E-state index < -0.39 is 0 Å². The largest absolute Gasteiger partial charge is 0.496 e. The van der Waals surface area contributed by atoms with Crippen molar-refractivity contribution in [2.45, 2.75) is 32.9 Å². The van der Waals surface area contributed by atoms with Crippen LogP contribution in [0.4, 0.5) is 0 Å². The van der Waals surface area contributed by atoms with Gasteiger partial charge in [-0.2, -0.15) is 5.10 Å². The molecular formula is C15H22N4O. The molecule has 1 atom stereocenters. The molecule has 0 aliphatic heterocycles. The van der Waals surface area contributed by atoms with Crippen LogP contribution in [0.15, 0.2) is 30.6 Å². The lowest BCUT2D eigenvalue weighted by Gasteiger charge is -2.20. The summed E-state index contributed by atoms with van der Waals surface area (Å²) in [6, 6.07) is 8.28. The number of aromatic nitrogens is 3. The zero-order valence-corrected chi connectivity index (χ0v) is 12.3. The van der Waals surface area contributed by atoms with Gasteiger partial charge in [0.05, 0.1) is 7.11 Å². The molecule has 0 saturated carbocycles. The number of likely N-dealkylation sites (N-methyl/N-ethyl adjacent to an activating group) is 1. The molecule has 0 amide bonds. The normalized spacial score (nSPS) is 12.3. The first-order chi connectivity index (χ1) is 9.80. The number of methoxy groups -OCH3 is 1. The number of hydrogen-bond donors (Lipinski definition) is 1. The lowest BCUT2D eigenvalue weighted by Crippen LogP contribution is -2.25. The molecule has 0 aliphatic rings. The zero-order valence-electron chi connectivity index (χ0n) is 12.3. The third-order valence-corrected chi connectivity index (χ3v) is 3.35. The number of hydrogen-bond acceptors (Lipinski definition) is 4. The summed E-state index contributed by atoms with van der Waals surface area (Å²) in [4.78, 5) is 4.36. The van der Waals surface area contributed by atoms with Gasteiger partial charge in [-0.15, -0.1) is 0 Å². The average molecular weight is 274 g/mol. The Balaban J connectivity index is 2.27. The second kappa shape index (κ2) is 7.05. The summed E-state index contributed by atoms with van der Waals surface area (Å²) < 4.78 is 7.40. The van der Waals surface area contributed by atoms with Crippen molar-refractivity contribution in [1.29, 1.82) is 0 Å². The second-order valence-corrected chi connectivity index (χ2v) is 4.55. The standard InChI is InChI=1S/C15H22N4O/c1-4-16-13(10-15-17-11-18-19(15)5-2)12-8-6-7-9-14(12)20-3/h6-9,11,13,16H,4-5,10H2,1-3H3. The van der Waals surface area contributed by atoms with E-state index >= 15 is 0 Å². The van der Waals surface area contributed by atoms with Gasteiger partial charge in [0.15, 0.2) is 0 Å². The minimum absolute atomic E-state index is 0.172. The van der Waals surface area contributed by atoms with E-state index in [4.69, 9.17) is 4.74 Å². The number of rotatable bonds is 7. The Kier molecular flexibility index (Phi) is 5.12. The molecule has 1 unspecified atom stereocenters. The molecule has 0 radical (unpaired) electrons. The van der Waals surface area contributed by atoms with E-state index in [-0.39, 0.29) is 6.04 Å². The number of nitrogens with zero attached hydrogens (tertiary/aromatic N) is 3. The molecule has 1 aromatic carbocycles. The van der Waals surface area contributed by atoms with Crippen LogP contribution in [-0.4, -0.2) is 28.4 Å². The molecule has 108 valence electrons. The fourth-order valence-corrected chi connectivity index (χ4v) is 2.39. The molecular weight excluding hydrogens is 252 g/mol. The highest BCUT2D eigenvalue weighted by atomic mass is 16.5. The molecule has 2 aromatic rings. The molecule has 5 nitrogen and oxygen atoms in total. The molecule has 2 rings (SSSR count). The van der Waals surface area contributed by atoms with E-state index in [1.165, 1.54) is 0 Å². The van der Waals surface area contributed by atoms with Gasteiger partial charge in [0.1, 0.15) is 17.9 Å². The molecule has 1 N–H and O–H groups in total. The van der Waals surface area contributed by atoms with E-state index in [1.807, 2.05) is 22.9 Å². The third kappa shape index (κ3) is 3.17. The SMILES string of the molecule is CCNC(Cc1ncnn1CC)c1ccccc1OC. The first-order valence-electron chi connectivity index (χ1n) is 7.03. The molecule has 0 saturated heterocycles. The van der Waals surface area contributed by atoms with Gasteiger partial charge in [0, 0.05) is 24.6 Å². The maximum Gasteiger partial charge on any atom is 0.138 e. The molecule has 0 aliphatic carbocycles. The minimum Gasteiger partial charge on any atom is -0.496 e. The van der Waals surface area contributed by atoms with Gasteiger partial charge in [0.25, 0.3) is 0 Å². The summed E-state index contributed by atoms with van der Waals surface area (Å²) in [6.45, 7) is 5.90. The molecule has 1 heterocycles. The summed E-state index contributed by atoms with van der Waals surface area (Å²) in [7, 11) is 1.70. The molecule has 20 heavy (non-hydrogen) atoms. The maximum absolute atomic E-state index is 5.47. The van der Waals surface area contributed by atoms with E-state index in [2.05, 4.69) is 35.3 Å². The lowest BCUT2D eigenvalue weighted by molar-refractivity contribution is 0.397. The molecule has 0 spiro atoms. The molecule has 0 bridgehead atoms. The van der Waals surface area contributed by atoms with Gasteiger partial charge < -0.3 is 10.1 Å². The summed E-state index contributed by atoms with van der Waals surface area (Å²) in [5.41, 5.74) is 1.16. The van der Waals surface area contributed by atoms with Crippen LogP contribution in [-0.2, 0) is 13.0 Å². The fourth-order valence-electron chi connectivity index (χ4n) is 2.39. The van der Waals surface area contributed by atoms with E-state index in [0.29, 0.717) is 0 Å². The molecule has 5 heteroatoms. The number of nitrogens with one attached hydrogen (secondary N) is 1. The fraction of sp³-hybridized carbons (Fsp3) is 0.467. The summed E-state index contributed by atoms with van der Waals surface area (Å²) in [5, 5.41) is 7.73. The van der Waals surface area contributed by atoms with Crippen LogP contribution in [0.25, 0.3) is 0 Å². The van der Waals surface area contributed by atoms with Crippen molar-refractivity contribution in [3.63, 3.8) is 0 Å². The first kappa shape index (κ1) is 14.5. The van der Waals surface area contributed by atoms with Crippen LogP contribution in [0.1, 0.15) is 31.3 Å². The average Bonchev–Trinajstić information content (AvgIpc) is 2.94. The van der Waals surface area contributed by atoms with Gasteiger partial charge in [-0.25, -0.2) is 4.98 Å². The van der Waals surface area contributed by atoms with E-state index in [1.54, 1.807) is 13.4 Å². The Morgan fingerprint density at radius 1 is 1.30 bits per heavy atom. The van der Waals surface area contributed by atoms with Crippen molar-refractivity contribution in [1.82, 2.24) is 20.1 Å². The van der Waals surface area contributed by atoms with Crippen LogP contribution in [0.2, 0.25) is 0 Å². The Bertz CT molecular complexity index is 538. The highest BCUT2D eigenvalue weighted by molar-refractivity contribution is 5.36. The summed E-state index contributed by atoms with van der Waals surface area (Å²) in [5.74, 6) is 1.89. The van der Waals surface area contributed by atoms with Crippen molar-refractivity contribution >= 4 is 0 Å². The van der Waals surface area contributed by atoms with E-state index in [9.17, 15) is 0 Å². The number of aryl methyl sites for hydroxylation is 1. The second-order valence-electron chi connectivity index (χ2n) is 4.55. The zero-order chi connectivity index (χ0) is 14.4. The number of para-hydroxylation sites is 1. The number of ether oxygens (including phenoxy) is 1. The Morgan fingerprint density at radius 3 is 2.80 bits per heavy atom. The summed E-state index contributed by atoms with van der Waals surface area (Å²) in [6.07, 6.45) is 2.41. The van der Waals surface area contributed by atoms with Gasteiger partial charge >= 0.3 is 0 Å². The van der Waals surface area contributed by atoms with Crippen molar-refractivity contribution in [2.75, 3.05) is 13.7 Å². The van der Waals surface area contributed by atoms with Crippen molar-refractivity contribution in [3.8, 4) is 5.75 Å². The highest BCUT2D eigenvalue weighted by Gasteiger charge is 2.18. The molecule has 1 aromatic heterocycles. The lowest BCUT2D eigenvalue weighted by atomic mass is 10.0. The predicted octanol–water partition coefficient (Wildman–Crippen LogP) is 2.20. The van der Waals surface area contributed by atoms with Crippen LogP contribution in [0.3, 0.4) is 0 Å². The minimum atomic E-state index is 0.172. The van der Waals surface area contributed by atoms with Crippen molar-refractivity contribution in [3.05, 3.63) is 42.0 Å². The monoisotopic (exact) mass is 274 g/mol.